The van der Waals surface area contributed by atoms with Gasteiger partial charge in [0.1, 0.15) is 5.69 Å². The van der Waals surface area contributed by atoms with Gasteiger partial charge in [-0.15, -0.1) is 0 Å². The van der Waals surface area contributed by atoms with Crippen LogP contribution in [0.4, 0.5) is 13.2 Å². The third kappa shape index (κ3) is 2.00. The number of nitrogens with one attached hydrogen (secondary N) is 1. The molecule has 0 fully saturated rings. The lowest BCUT2D eigenvalue weighted by Crippen LogP contribution is -2.04. The molecule has 2 heterocycles. The van der Waals surface area contributed by atoms with Gasteiger partial charge in [-0.05, 0) is 30.7 Å². The minimum atomic E-state index is -4.43. The molecule has 0 bridgehead atoms. The number of benzene rings is 1. The van der Waals surface area contributed by atoms with Gasteiger partial charge in [0.2, 0.25) is 6.79 Å². The summed E-state index contributed by atoms with van der Waals surface area (Å²) in [7, 11) is 0. The van der Waals surface area contributed by atoms with E-state index in [1.54, 1.807) is 19.1 Å². The fourth-order valence-corrected chi connectivity index (χ4v) is 1.95. The van der Waals surface area contributed by atoms with Gasteiger partial charge in [0, 0.05) is 5.56 Å². The molecule has 0 aliphatic carbocycles. The molecule has 0 atom stereocenters. The van der Waals surface area contributed by atoms with Crippen LogP contribution in [0.15, 0.2) is 18.2 Å². The number of nitrogens with zero attached hydrogens (tertiary/aromatic N) is 1. The number of rotatable bonds is 1. The van der Waals surface area contributed by atoms with Crippen molar-refractivity contribution in [3.8, 4) is 22.8 Å². The van der Waals surface area contributed by atoms with Crippen molar-refractivity contribution >= 4 is 0 Å². The van der Waals surface area contributed by atoms with Crippen molar-refractivity contribution in [3.05, 3.63) is 29.5 Å². The number of alkyl halides is 3. The van der Waals surface area contributed by atoms with Crippen LogP contribution in [0.1, 0.15) is 11.3 Å². The predicted molar refractivity (Wildman–Crippen MR) is 59.9 cm³/mol. The molecule has 4 nitrogen and oxygen atoms in total. The molecule has 100 valence electrons. The first-order valence-corrected chi connectivity index (χ1v) is 5.48. The van der Waals surface area contributed by atoms with Gasteiger partial charge in [-0.3, -0.25) is 5.10 Å². The summed E-state index contributed by atoms with van der Waals surface area (Å²) in [4.78, 5) is 0. The fraction of sp³-hybridized carbons (Fsp3) is 0.250. The van der Waals surface area contributed by atoms with Crippen LogP contribution in [-0.4, -0.2) is 17.0 Å². The largest absolute Gasteiger partial charge is 0.454 e. The Balaban J connectivity index is 2.03. The average molecular weight is 270 g/mol. The fourth-order valence-electron chi connectivity index (χ4n) is 1.95. The number of hydrogen-bond acceptors (Lipinski definition) is 3. The quantitative estimate of drug-likeness (QED) is 0.866. The van der Waals surface area contributed by atoms with Crippen molar-refractivity contribution in [2.45, 2.75) is 13.1 Å². The van der Waals surface area contributed by atoms with E-state index in [2.05, 4.69) is 5.10 Å². The molecule has 0 saturated heterocycles. The number of fused-ring (bicyclic) bond motifs is 1. The molecule has 0 unspecified atom stereocenters. The number of ether oxygens (including phenoxy) is 2. The van der Waals surface area contributed by atoms with Crippen molar-refractivity contribution in [1.29, 1.82) is 0 Å². The zero-order valence-corrected chi connectivity index (χ0v) is 9.84. The van der Waals surface area contributed by atoms with Gasteiger partial charge >= 0.3 is 6.18 Å². The van der Waals surface area contributed by atoms with E-state index in [-0.39, 0.29) is 12.5 Å². The summed E-state index contributed by atoms with van der Waals surface area (Å²) >= 11 is 0. The molecule has 0 amide bonds. The van der Waals surface area contributed by atoms with Gasteiger partial charge in [0.25, 0.3) is 0 Å². The highest BCUT2D eigenvalue weighted by molar-refractivity contribution is 5.67. The molecular formula is C12H9F3N2O2. The highest BCUT2D eigenvalue weighted by Crippen LogP contribution is 2.39. The van der Waals surface area contributed by atoms with Gasteiger partial charge in [-0.25, -0.2) is 0 Å². The number of halogens is 3. The molecule has 1 aromatic heterocycles. The number of aromatic amines is 1. The van der Waals surface area contributed by atoms with Crippen LogP contribution in [0.25, 0.3) is 11.3 Å². The average Bonchev–Trinajstić information content (AvgIpc) is 2.96. The smallest absolute Gasteiger partial charge is 0.432 e. The monoisotopic (exact) mass is 270 g/mol. The Hall–Kier alpha value is -2.18. The highest BCUT2D eigenvalue weighted by atomic mass is 19.4. The van der Waals surface area contributed by atoms with E-state index in [0.29, 0.717) is 17.1 Å². The normalized spacial score (nSPS) is 13.9. The zero-order chi connectivity index (χ0) is 13.6. The third-order valence-corrected chi connectivity index (χ3v) is 2.84. The number of H-pyrrole nitrogens is 1. The lowest BCUT2D eigenvalue weighted by atomic mass is 10.1. The molecule has 0 saturated carbocycles. The van der Waals surface area contributed by atoms with Crippen LogP contribution >= 0.6 is 0 Å². The molecular weight excluding hydrogens is 261 g/mol. The van der Waals surface area contributed by atoms with Gasteiger partial charge in [0.15, 0.2) is 11.5 Å². The van der Waals surface area contributed by atoms with Gasteiger partial charge in [-0.1, -0.05) is 0 Å². The Morgan fingerprint density at radius 2 is 2.00 bits per heavy atom. The number of hydrogen-bond donors (Lipinski definition) is 1. The maximum absolute atomic E-state index is 12.5. The van der Waals surface area contributed by atoms with Gasteiger partial charge < -0.3 is 9.47 Å². The maximum atomic E-state index is 12.5. The van der Waals surface area contributed by atoms with E-state index in [9.17, 15) is 13.2 Å². The Bertz CT molecular complexity index is 634. The summed E-state index contributed by atoms with van der Waals surface area (Å²) in [6.07, 6.45) is -4.43. The van der Waals surface area contributed by atoms with E-state index in [0.717, 1.165) is 11.6 Å². The van der Waals surface area contributed by atoms with Crippen LogP contribution in [0.2, 0.25) is 0 Å². The minimum Gasteiger partial charge on any atom is -0.454 e. The molecule has 2 aromatic rings. The molecule has 0 spiro atoms. The molecule has 1 aromatic carbocycles. The molecule has 1 N–H and O–H groups in total. The standard InChI is InChI=1S/C12H9F3N2O2/c1-6-2-7(3-9-11(6)19-5-18-9)8-4-10(17-16-8)12(13,14)15/h2-4H,5H2,1H3,(H,16,17). The molecule has 0 radical (unpaired) electrons. The molecule has 19 heavy (non-hydrogen) atoms. The van der Waals surface area contributed by atoms with E-state index in [4.69, 9.17) is 9.47 Å². The summed E-state index contributed by atoms with van der Waals surface area (Å²) in [6.45, 7) is 1.92. The molecule has 1 aliphatic heterocycles. The second-order valence-corrected chi connectivity index (χ2v) is 4.19. The lowest BCUT2D eigenvalue weighted by Gasteiger charge is -2.03. The summed E-state index contributed by atoms with van der Waals surface area (Å²) in [6, 6.07) is 4.30. The van der Waals surface area contributed by atoms with Crippen LogP contribution in [-0.2, 0) is 6.18 Å². The summed E-state index contributed by atoms with van der Waals surface area (Å²) in [5.74, 6) is 1.14. The third-order valence-electron chi connectivity index (χ3n) is 2.84. The van der Waals surface area contributed by atoms with E-state index >= 15 is 0 Å². The molecule has 1 aliphatic rings. The van der Waals surface area contributed by atoms with E-state index in [1.807, 2.05) is 5.10 Å². The van der Waals surface area contributed by atoms with Crippen molar-refractivity contribution in [1.82, 2.24) is 10.2 Å². The van der Waals surface area contributed by atoms with Crippen molar-refractivity contribution < 1.29 is 22.6 Å². The van der Waals surface area contributed by atoms with Crippen LogP contribution in [0.5, 0.6) is 11.5 Å². The first kappa shape index (κ1) is 11.9. The Labute approximate surface area is 106 Å². The summed E-state index contributed by atoms with van der Waals surface area (Å²) in [5.41, 5.74) is 0.682. The maximum Gasteiger partial charge on any atom is 0.432 e. The van der Waals surface area contributed by atoms with Gasteiger partial charge in [0.05, 0.1) is 5.69 Å². The van der Waals surface area contributed by atoms with Gasteiger partial charge in [-0.2, -0.15) is 18.3 Å². The number of aryl methyl sites for hydroxylation is 1. The number of aromatic nitrogens is 2. The van der Waals surface area contributed by atoms with Crippen LogP contribution in [0.3, 0.4) is 0 Å². The molecule has 7 heteroatoms. The minimum absolute atomic E-state index is 0.119. The topological polar surface area (TPSA) is 47.1 Å². The second-order valence-electron chi connectivity index (χ2n) is 4.19. The van der Waals surface area contributed by atoms with Crippen molar-refractivity contribution in [2.75, 3.05) is 6.79 Å². The van der Waals surface area contributed by atoms with Crippen molar-refractivity contribution in [3.63, 3.8) is 0 Å². The first-order chi connectivity index (χ1) is 8.95. The van der Waals surface area contributed by atoms with Crippen LogP contribution < -0.4 is 9.47 Å². The second kappa shape index (κ2) is 3.91. The first-order valence-electron chi connectivity index (χ1n) is 5.48. The van der Waals surface area contributed by atoms with Crippen LogP contribution in [0, 0.1) is 6.92 Å². The molecule has 3 rings (SSSR count). The predicted octanol–water partition coefficient (Wildman–Crippen LogP) is 3.13. The Morgan fingerprint density at radius 1 is 1.21 bits per heavy atom. The highest BCUT2D eigenvalue weighted by Gasteiger charge is 2.33. The summed E-state index contributed by atoms with van der Waals surface area (Å²) < 4.78 is 48.0. The zero-order valence-electron chi connectivity index (χ0n) is 9.84. The Kier molecular flexibility index (Phi) is 2.44. The SMILES string of the molecule is Cc1cc(-c2cc(C(F)(F)F)[nH]n2)cc2c1OCO2. The lowest BCUT2D eigenvalue weighted by molar-refractivity contribution is -0.141. The Morgan fingerprint density at radius 3 is 2.68 bits per heavy atom. The van der Waals surface area contributed by atoms with E-state index in [1.165, 1.54) is 0 Å². The summed E-state index contributed by atoms with van der Waals surface area (Å²) in [5, 5.41) is 5.66. The van der Waals surface area contributed by atoms with Crippen molar-refractivity contribution in [2.24, 2.45) is 0 Å². The van der Waals surface area contributed by atoms with E-state index < -0.39 is 11.9 Å².